The molecule has 4 fully saturated rings. The Balaban J connectivity index is 1.34. The molecule has 0 unspecified atom stereocenters. The molecule has 0 aliphatic carbocycles. The van der Waals surface area contributed by atoms with Gasteiger partial charge in [0, 0.05) is 43.2 Å². The van der Waals surface area contributed by atoms with E-state index in [1.54, 1.807) is 30.3 Å². The maximum atomic E-state index is 14.8. The van der Waals surface area contributed by atoms with Gasteiger partial charge in [0.1, 0.15) is 42.4 Å². The van der Waals surface area contributed by atoms with Crippen LogP contribution < -0.4 is 21.3 Å². The summed E-state index contributed by atoms with van der Waals surface area (Å²) >= 11 is 6.01. The number of ether oxygens (including phenoxy) is 1. The minimum absolute atomic E-state index is 0.00774. The first kappa shape index (κ1) is 42.4. The lowest BCUT2D eigenvalue weighted by Gasteiger charge is -2.39. The molecular formula is C41H52ClN7O9. The number of anilines is 1. The number of benzene rings is 2. The largest absolute Gasteiger partial charge is 0.458 e. The molecule has 17 heteroatoms. The quantitative estimate of drug-likeness (QED) is 0.270. The van der Waals surface area contributed by atoms with E-state index in [1.807, 2.05) is 32.0 Å². The van der Waals surface area contributed by atoms with E-state index in [0.29, 0.717) is 35.5 Å². The fraction of sp³-hybridized carbons (Fsp3) is 0.537. The molecule has 4 saturated heterocycles. The first-order valence-corrected chi connectivity index (χ1v) is 20.3. The van der Waals surface area contributed by atoms with Gasteiger partial charge in [-0.1, -0.05) is 48.4 Å². The number of aryl methyl sites for hydroxylation is 1. The molecule has 4 heterocycles. The van der Waals surface area contributed by atoms with E-state index in [0.717, 1.165) is 5.56 Å². The van der Waals surface area contributed by atoms with Gasteiger partial charge in [0.05, 0.1) is 6.10 Å². The standard InChI is InChI=1S/C41H52ClN7O9/c1-22-8-7-9-26(16-22)18-30(45-41(57)44-28-13-11-27(42)12-14-28)35(51)46-34-25(4)58-40(56)33-17-23(2)20-48(33)37(53)24(3)43-36(52)31-10-5-6-15-47(31)38(54)32-19-29(50)21-49(32)39(34)55/h7-9,11-14,16,23-25,29-34,50H,5-6,10,15,17-21H2,1-4H3,(H,43,52)(H,46,51)(H2,44,45,57)/t23-,24+,25+,29-,30+,31+,32+,33+,34+/m1/s1. The third-order valence-electron chi connectivity index (χ3n) is 11.3. The Morgan fingerprint density at radius 3 is 2.34 bits per heavy atom. The van der Waals surface area contributed by atoms with Gasteiger partial charge < -0.3 is 45.8 Å². The number of aliphatic hydroxyl groups excluding tert-OH is 1. The van der Waals surface area contributed by atoms with Crippen LogP contribution in [0, 0.1) is 12.8 Å². The van der Waals surface area contributed by atoms with Crippen LogP contribution in [0.25, 0.3) is 0 Å². The number of aliphatic hydroxyl groups is 1. The van der Waals surface area contributed by atoms with E-state index in [9.17, 15) is 38.7 Å². The van der Waals surface area contributed by atoms with Gasteiger partial charge in [-0.2, -0.15) is 0 Å². The van der Waals surface area contributed by atoms with E-state index >= 15 is 0 Å². The molecular weight excluding hydrogens is 770 g/mol. The molecule has 5 N–H and O–H groups in total. The van der Waals surface area contributed by atoms with Crippen LogP contribution in [0.15, 0.2) is 48.5 Å². The van der Waals surface area contributed by atoms with Crippen molar-refractivity contribution >= 4 is 58.8 Å². The molecule has 0 aromatic heterocycles. The molecule has 2 aromatic carbocycles. The van der Waals surface area contributed by atoms with Gasteiger partial charge in [0.25, 0.3) is 0 Å². The Morgan fingerprint density at radius 2 is 1.62 bits per heavy atom. The molecule has 0 saturated carbocycles. The first-order valence-electron chi connectivity index (χ1n) is 19.9. The number of esters is 1. The van der Waals surface area contributed by atoms with E-state index in [-0.39, 0.29) is 44.8 Å². The van der Waals surface area contributed by atoms with Crippen molar-refractivity contribution in [3.05, 3.63) is 64.7 Å². The summed E-state index contributed by atoms with van der Waals surface area (Å²) in [6.07, 6.45) is -0.728. The lowest BCUT2D eigenvalue weighted by Crippen LogP contribution is -2.63. The topological polar surface area (TPSA) is 207 Å². The number of cyclic esters (lactones) is 1. The highest BCUT2D eigenvalue weighted by molar-refractivity contribution is 6.30. The number of amides is 7. The van der Waals surface area contributed by atoms with Gasteiger partial charge in [-0.15, -0.1) is 0 Å². The predicted octanol–water partition coefficient (Wildman–Crippen LogP) is 1.90. The SMILES string of the molecule is Cc1cccc(C[C@H](NC(=O)Nc2ccc(Cl)cc2)C(=O)N[C@@H]2C(=O)N3C[C@H](O)C[C@H]3C(=O)N3CCCC[C@H]3C(=O)N[C@@H](C)C(=O)N3C[C@H](C)C[C@H]3C(=O)O[C@H]2C)c1. The van der Waals surface area contributed by atoms with Crippen LogP contribution in [0.2, 0.25) is 5.02 Å². The Labute approximate surface area is 342 Å². The van der Waals surface area contributed by atoms with Crippen LogP contribution in [0.3, 0.4) is 0 Å². The summed E-state index contributed by atoms with van der Waals surface area (Å²) in [6, 6.07) is 5.92. The maximum absolute atomic E-state index is 14.8. The van der Waals surface area contributed by atoms with Gasteiger partial charge in [0.2, 0.25) is 29.5 Å². The molecule has 4 aliphatic rings. The maximum Gasteiger partial charge on any atom is 0.329 e. The van der Waals surface area contributed by atoms with Crippen molar-refractivity contribution in [1.82, 2.24) is 30.7 Å². The third kappa shape index (κ3) is 9.72. The highest BCUT2D eigenvalue weighted by Gasteiger charge is 2.49. The van der Waals surface area contributed by atoms with Crippen molar-refractivity contribution in [3.63, 3.8) is 0 Å². The molecule has 16 nitrogen and oxygen atoms in total. The van der Waals surface area contributed by atoms with Crippen LogP contribution in [0.4, 0.5) is 10.5 Å². The highest BCUT2D eigenvalue weighted by atomic mass is 35.5. The van der Waals surface area contributed by atoms with Gasteiger partial charge in [0.15, 0.2) is 0 Å². The van der Waals surface area contributed by atoms with Crippen molar-refractivity contribution in [2.24, 2.45) is 5.92 Å². The van der Waals surface area contributed by atoms with Crippen LogP contribution in [-0.4, -0.2) is 129 Å². The zero-order valence-corrected chi connectivity index (χ0v) is 33.9. The Hall–Kier alpha value is -5.22. The summed E-state index contributed by atoms with van der Waals surface area (Å²) in [5.74, 6) is -4.10. The molecule has 2 aromatic rings. The molecule has 58 heavy (non-hydrogen) atoms. The Kier molecular flexibility index (Phi) is 13.3. The minimum atomic E-state index is -1.60. The molecule has 7 amide bonds. The number of hydrogen-bond acceptors (Lipinski definition) is 9. The average molecular weight is 822 g/mol. The fourth-order valence-electron chi connectivity index (χ4n) is 8.37. The molecule has 0 spiro atoms. The molecule has 9 atom stereocenters. The monoisotopic (exact) mass is 821 g/mol. The van der Waals surface area contributed by atoms with Crippen LogP contribution in [0.5, 0.6) is 0 Å². The third-order valence-corrected chi connectivity index (χ3v) is 11.6. The number of rotatable bonds is 6. The van der Waals surface area contributed by atoms with Crippen molar-refractivity contribution in [1.29, 1.82) is 0 Å². The number of halogens is 1. The Bertz CT molecular complexity index is 1910. The number of carbonyl (C=O) groups is 7. The number of urea groups is 1. The lowest BCUT2D eigenvalue weighted by molar-refractivity contribution is -0.163. The number of nitrogens with zero attached hydrogens (tertiary/aromatic N) is 3. The second-order valence-electron chi connectivity index (χ2n) is 16.0. The van der Waals surface area contributed by atoms with Crippen LogP contribution >= 0.6 is 11.6 Å². The van der Waals surface area contributed by atoms with E-state index in [2.05, 4.69) is 21.3 Å². The van der Waals surface area contributed by atoms with Gasteiger partial charge in [-0.05, 0) is 82.2 Å². The number of nitrogens with one attached hydrogen (secondary N) is 4. The number of piperidine rings is 1. The summed E-state index contributed by atoms with van der Waals surface area (Å²) in [5.41, 5.74) is 2.03. The minimum Gasteiger partial charge on any atom is -0.458 e. The van der Waals surface area contributed by atoms with Crippen LogP contribution in [0.1, 0.15) is 64.0 Å². The normalized spacial score (nSPS) is 28.8. The highest BCUT2D eigenvalue weighted by Crippen LogP contribution is 2.29. The van der Waals surface area contributed by atoms with E-state index in [4.69, 9.17) is 16.3 Å². The second kappa shape index (κ2) is 18.1. The summed E-state index contributed by atoms with van der Waals surface area (Å²) in [6.45, 7) is 6.90. The van der Waals surface area contributed by atoms with Crippen molar-refractivity contribution in [3.8, 4) is 0 Å². The zero-order chi connectivity index (χ0) is 41.8. The zero-order valence-electron chi connectivity index (χ0n) is 33.1. The molecule has 312 valence electrons. The lowest BCUT2D eigenvalue weighted by atomic mass is 9.98. The Morgan fingerprint density at radius 1 is 0.897 bits per heavy atom. The molecule has 4 aliphatic heterocycles. The number of carbonyl (C=O) groups excluding carboxylic acids is 7. The van der Waals surface area contributed by atoms with E-state index in [1.165, 1.54) is 28.5 Å². The van der Waals surface area contributed by atoms with E-state index < -0.39 is 90.0 Å². The summed E-state index contributed by atoms with van der Waals surface area (Å²) < 4.78 is 5.92. The summed E-state index contributed by atoms with van der Waals surface area (Å²) in [4.78, 5) is 102. The smallest absolute Gasteiger partial charge is 0.329 e. The average Bonchev–Trinajstić information content (AvgIpc) is 3.78. The second-order valence-corrected chi connectivity index (χ2v) is 16.4. The number of fused-ring (bicyclic) bond motifs is 3. The molecule has 0 radical (unpaired) electrons. The first-order chi connectivity index (χ1) is 27.6. The summed E-state index contributed by atoms with van der Waals surface area (Å²) in [7, 11) is 0. The van der Waals surface area contributed by atoms with Gasteiger partial charge >= 0.3 is 12.0 Å². The van der Waals surface area contributed by atoms with Gasteiger partial charge in [-0.3, -0.25) is 24.0 Å². The van der Waals surface area contributed by atoms with Crippen LogP contribution in [-0.2, 0) is 39.9 Å². The molecule has 6 rings (SSSR count). The summed E-state index contributed by atoms with van der Waals surface area (Å²) in [5, 5.41) is 22.2. The van der Waals surface area contributed by atoms with Crippen molar-refractivity contribution < 1.29 is 43.4 Å². The van der Waals surface area contributed by atoms with Gasteiger partial charge in [-0.25, -0.2) is 9.59 Å². The molecule has 0 bridgehead atoms. The number of hydrogen-bond donors (Lipinski definition) is 5. The predicted molar refractivity (Wildman–Crippen MR) is 212 cm³/mol. The van der Waals surface area contributed by atoms with Crippen molar-refractivity contribution in [2.75, 3.05) is 25.0 Å². The fourth-order valence-corrected chi connectivity index (χ4v) is 8.49. The van der Waals surface area contributed by atoms with Crippen molar-refractivity contribution in [2.45, 2.75) is 115 Å².